The molecule has 4 rings (SSSR count). The second-order valence-corrected chi connectivity index (χ2v) is 6.70. The SMILES string of the molecule is CC(N)Cc1c[nH]c2ccc(-c3ccc(Oc4ccccc4)cc3)cc12. The van der Waals surface area contributed by atoms with E-state index in [1.807, 2.05) is 49.4 Å². The highest BCUT2D eigenvalue weighted by Gasteiger charge is 2.08. The molecule has 0 radical (unpaired) electrons. The molecule has 0 saturated carbocycles. The molecule has 1 atom stereocenters. The van der Waals surface area contributed by atoms with Crippen LogP contribution in [0, 0.1) is 0 Å². The topological polar surface area (TPSA) is 51.0 Å². The number of aromatic nitrogens is 1. The van der Waals surface area contributed by atoms with Gasteiger partial charge >= 0.3 is 0 Å². The highest BCUT2D eigenvalue weighted by atomic mass is 16.5. The minimum atomic E-state index is 0.145. The number of rotatable bonds is 5. The Bertz CT molecular complexity index is 1000. The number of H-pyrrole nitrogens is 1. The van der Waals surface area contributed by atoms with Gasteiger partial charge in [-0.15, -0.1) is 0 Å². The van der Waals surface area contributed by atoms with Crippen LogP contribution in [-0.4, -0.2) is 11.0 Å². The van der Waals surface area contributed by atoms with Crippen LogP contribution in [0.4, 0.5) is 0 Å². The average molecular weight is 342 g/mol. The monoisotopic (exact) mass is 342 g/mol. The molecule has 4 aromatic rings. The van der Waals surface area contributed by atoms with E-state index in [0.717, 1.165) is 23.4 Å². The van der Waals surface area contributed by atoms with E-state index in [-0.39, 0.29) is 6.04 Å². The predicted octanol–water partition coefficient (Wildman–Crippen LogP) is 5.52. The van der Waals surface area contributed by atoms with Gasteiger partial charge in [0.25, 0.3) is 0 Å². The lowest BCUT2D eigenvalue weighted by Crippen LogP contribution is -2.17. The number of nitrogens with one attached hydrogen (secondary N) is 1. The van der Waals surface area contributed by atoms with Crippen molar-refractivity contribution in [1.29, 1.82) is 0 Å². The van der Waals surface area contributed by atoms with Crippen LogP contribution < -0.4 is 10.5 Å². The van der Waals surface area contributed by atoms with Gasteiger partial charge in [0.1, 0.15) is 11.5 Å². The van der Waals surface area contributed by atoms with E-state index in [1.54, 1.807) is 0 Å². The minimum absolute atomic E-state index is 0.145. The van der Waals surface area contributed by atoms with Gasteiger partial charge in [0, 0.05) is 23.1 Å². The fraction of sp³-hybridized carbons (Fsp3) is 0.130. The summed E-state index contributed by atoms with van der Waals surface area (Å²) >= 11 is 0. The Kier molecular flexibility index (Phi) is 4.46. The van der Waals surface area contributed by atoms with E-state index in [1.165, 1.54) is 22.1 Å². The molecule has 0 amide bonds. The fourth-order valence-electron chi connectivity index (χ4n) is 3.21. The summed E-state index contributed by atoms with van der Waals surface area (Å²) in [6, 6.07) is 24.7. The van der Waals surface area contributed by atoms with Crippen molar-refractivity contribution in [3.8, 4) is 22.6 Å². The van der Waals surface area contributed by atoms with Crippen LogP contribution in [0.5, 0.6) is 11.5 Å². The third-order valence-electron chi connectivity index (χ3n) is 4.48. The first kappa shape index (κ1) is 16.4. The molecule has 1 aromatic heterocycles. The van der Waals surface area contributed by atoms with Gasteiger partial charge in [-0.25, -0.2) is 0 Å². The standard InChI is InChI=1S/C23H22N2O/c1-16(24)13-19-15-25-23-12-9-18(14-22(19)23)17-7-10-21(11-8-17)26-20-5-3-2-4-6-20/h2-12,14-16,25H,13,24H2,1H3. The number of hydrogen-bond acceptors (Lipinski definition) is 2. The summed E-state index contributed by atoms with van der Waals surface area (Å²) in [4.78, 5) is 3.33. The van der Waals surface area contributed by atoms with Gasteiger partial charge in [-0.05, 0) is 66.4 Å². The minimum Gasteiger partial charge on any atom is -0.457 e. The van der Waals surface area contributed by atoms with Crippen molar-refractivity contribution in [1.82, 2.24) is 4.98 Å². The summed E-state index contributed by atoms with van der Waals surface area (Å²) in [5.41, 5.74) is 10.7. The quantitative estimate of drug-likeness (QED) is 0.502. The predicted molar refractivity (Wildman–Crippen MR) is 108 cm³/mol. The van der Waals surface area contributed by atoms with E-state index in [0.29, 0.717) is 0 Å². The molecule has 3 N–H and O–H groups in total. The molecule has 0 aliphatic rings. The Morgan fingerprint density at radius 3 is 2.31 bits per heavy atom. The number of para-hydroxylation sites is 1. The van der Waals surface area contributed by atoms with Gasteiger partial charge in [0.05, 0.1) is 0 Å². The molecule has 0 aliphatic heterocycles. The maximum Gasteiger partial charge on any atom is 0.127 e. The zero-order valence-corrected chi connectivity index (χ0v) is 14.8. The van der Waals surface area contributed by atoms with Gasteiger partial charge in [0.2, 0.25) is 0 Å². The van der Waals surface area contributed by atoms with Crippen molar-refractivity contribution in [3.63, 3.8) is 0 Å². The van der Waals surface area contributed by atoms with Gasteiger partial charge in [0.15, 0.2) is 0 Å². The lowest BCUT2D eigenvalue weighted by atomic mass is 10.0. The zero-order chi connectivity index (χ0) is 17.9. The third-order valence-corrected chi connectivity index (χ3v) is 4.48. The zero-order valence-electron chi connectivity index (χ0n) is 14.8. The summed E-state index contributed by atoms with van der Waals surface area (Å²) in [6.45, 7) is 2.04. The lowest BCUT2D eigenvalue weighted by Gasteiger charge is -2.08. The molecule has 130 valence electrons. The first-order chi connectivity index (χ1) is 12.7. The van der Waals surface area contributed by atoms with Crippen molar-refractivity contribution < 1.29 is 4.74 Å². The van der Waals surface area contributed by atoms with Crippen molar-refractivity contribution in [2.24, 2.45) is 5.73 Å². The Hall–Kier alpha value is -3.04. The van der Waals surface area contributed by atoms with Gasteiger partial charge < -0.3 is 15.5 Å². The van der Waals surface area contributed by atoms with Crippen LogP contribution in [0.15, 0.2) is 79.0 Å². The molecule has 0 aliphatic carbocycles. The number of aromatic amines is 1. The maximum atomic E-state index is 5.98. The molecule has 3 aromatic carbocycles. The molecule has 1 unspecified atom stereocenters. The number of fused-ring (bicyclic) bond motifs is 1. The molecule has 0 bridgehead atoms. The van der Waals surface area contributed by atoms with E-state index >= 15 is 0 Å². The van der Waals surface area contributed by atoms with Crippen molar-refractivity contribution in [2.75, 3.05) is 0 Å². The second kappa shape index (κ2) is 7.06. The van der Waals surface area contributed by atoms with Crippen LogP contribution in [0.3, 0.4) is 0 Å². The van der Waals surface area contributed by atoms with Crippen LogP contribution in [0.2, 0.25) is 0 Å². The summed E-state index contributed by atoms with van der Waals surface area (Å²) in [5.74, 6) is 1.68. The Balaban J connectivity index is 1.60. The summed E-state index contributed by atoms with van der Waals surface area (Å²) in [5, 5.41) is 1.24. The van der Waals surface area contributed by atoms with Crippen LogP contribution in [-0.2, 0) is 6.42 Å². The fourth-order valence-corrected chi connectivity index (χ4v) is 3.21. The van der Waals surface area contributed by atoms with Crippen molar-refractivity contribution >= 4 is 10.9 Å². The van der Waals surface area contributed by atoms with Crippen molar-refractivity contribution in [2.45, 2.75) is 19.4 Å². The Morgan fingerprint density at radius 1 is 0.885 bits per heavy atom. The average Bonchev–Trinajstić information content (AvgIpc) is 3.05. The largest absolute Gasteiger partial charge is 0.457 e. The summed E-state index contributed by atoms with van der Waals surface area (Å²) < 4.78 is 5.87. The summed E-state index contributed by atoms with van der Waals surface area (Å²) in [7, 11) is 0. The van der Waals surface area contributed by atoms with Crippen LogP contribution >= 0.6 is 0 Å². The van der Waals surface area contributed by atoms with Crippen LogP contribution in [0.25, 0.3) is 22.0 Å². The second-order valence-electron chi connectivity index (χ2n) is 6.70. The highest BCUT2D eigenvalue weighted by molar-refractivity contribution is 5.88. The van der Waals surface area contributed by atoms with E-state index < -0.39 is 0 Å². The molecule has 1 heterocycles. The Morgan fingerprint density at radius 2 is 1.58 bits per heavy atom. The van der Waals surface area contributed by atoms with Gasteiger partial charge in [-0.2, -0.15) is 0 Å². The number of ether oxygens (including phenoxy) is 1. The van der Waals surface area contributed by atoms with Crippen molar-refractivity contribution in [3.05, 3.63) is 84.6 Å². The molecule has 0 fully saturated rings. The first-order valence-corrected chi connectivity index (χ1v) is 8.88. The lowest BCUT2D eigenvalue weighted by molar-refractivity contribution is 0.483. The van der Waals surface area contributed by atoms with Gasteiger partial charge in [-0.1, -0.05) is 36.4 Å². The molecule has 0 spiro atoms. The number of nitrogens with two attached hydrogens (primary N) is 1. The Labute approximate surface area is 153 Å². The molecular weight excluding hydrogens is 320 g/mol. The van der Waals surface area contributed by atoms with E-state index in [2.05, 4.69) is 41.5 Å². The van der Waals surface area contributed by atoms with Gasteiger partial charge in [-0.3, -0.25) is 0 Å². The number of benzene rings is 3. The maximum absolute atomic E-state index is 5.98. The first-order valence-electron chi connectivity index (χ1n) is 8.88. The normalized spacial score (nSPS) is 12.2. The smallest absolute Gasteiger partial charge is 0.127 e. The number of hydrogen-bond donors (Lipinski definition) is 2. The van der Waals surface area contributed by atoms with E-state index in [4.69, 9.17) is 10.5 Å². The summed E-state index contributed by atoms with van der Waals surface area (Å²) in [6.07, 6.45) is 2.93. The highest BCUT2D eigenvalue weighted by Crippen LogP contribution is 2.29. The molecular formula is C23H22N2O. The van der Waals surface area contributed by atoms with Crippen LogP contribution in [0.1, 0.15) is 12.5 Å². The molecule has 0 saturated heterocycles. The molecule has 26 heavy (non-hydrogen) atoms. The van der Waals surface area contributed by atoms with E-state index in [9.17, 15) is 0 Å². The molecule has 3 nitrogen and oxygen atoms in total. The third kappa shape index (κ3) is 3.48. The molecule has 3 heteroatoms.